The molecule has 1 amide bonds. The largest absolute Gasteiger partial charge is 0.345 e. The van der Waals surface area contributed by atoms with Crippen LogP contribution < -0.4 is 5.32 Å². The quantitative estimate of drug-likeness (QED) is 0.564. The predicted octanol–water partition coefficient (Wildman–Crippen LogP) is 4.46. The van der Waals surface area contributed by atoms with Gasteiger partial charge in [-0.25, -0.2) is 4.68 Å². The van der Waals surface area contributed by atoms with Crippen LogP contribution in [0.25, 0.3) is 11.5 Å². The number of benzene rings is 2. The number of amides is 1. The zero-order chi connectivity index (χ0) is 19.5. The van der Waals surface area contributed by atoms with Crippen molar-refractivity contribution in [3.63, 3.8) is 0 Å². The summed E-state index contributed by atoms with van der Waals surface area (Å²) in [5.74, 6) is 0.560. The normalized spacial score (nSPS) is 11.9. The van der Waals surface area contributed by atoms with Crippen LogP contribution in [0.2, 0.25) is 0 Å². The molecule has 0 bridgehead atoms. The van der Waals surface area contributed by atoms with Crippen molar-refractivity contribution in [3.8, 4) is 11.5 Å². The molecule has 0 saturated carbocycles. The van der Waals surface area contributed by atoms with Gasteiger partial charge in [-0.1, -0.05) is 48.0 Å². The fourth-order valence-corrected chi connectivity index (χ4v) is 3.20. The number of nitrogens with zero attached hydrogens (tertiary/aromatic N) is 3. The number of aryl methyl sites for hydroxylation is 1. The molecule has 0 unspecified atom stereocenters. The summed E-state index contributed by atoms with van der Waals surface area (Å²) in [6.07, 6.45) is 5.46. The molecule has 28 heavy (non-hydrogen) atoms. The van der Waals surface area contributed by atoms with E-state index in [1.165, 1.54) is 5.56 Å². The van der Waals surface area contributed by atoms with Gasteiger partial charge in [0.15, 0.2) is 5.82 Å². The second kappa shape index (κ2) is 7.56. The third kappa shape index (κ3) is 3.47. The van der Waals surface area contributed by atoms with Crippen molar-refractivity contribution in [3.05, 3.63) is 102 Å². The van der Waals surface area contributed by atoms with Gasteiger partial charge < -0.3 is 9.88 Å². The summed E-state index contributed by atoms with van der Waals surface area (Å²) in [7, 11) is 0. The predicted molar refractivity (Wildman–Crippen MR) is 110 cm³/mol. The molecule has 2 aromatic carbocycles. The highest BCUT2D eigenvalue weighted by Crippen LogP contribution is 2.21. The van der Waals surface area contributed by atoms with Gasteiger partial charge in [0.1, 0.15) is 5.56 Å². The molecule has 140 valence electrons. The lowest BCUT2D eigenvalue weighted by molar-refractivity contribution is 0.0940. The Morgan fingerprint density at radius 2 is 1.64 bits per heavy atom. The van der Waals surface area contributed by atoms with Crippen LogP contribution in [0.15, 0.2) is 85.3 Å². The van der Waals surface area contributed by atoms with Crippen molar-refractivity contribution in [2.75, 3.05) is 0 Å². The summed E-state index contributed by atoms with van der Waals surface area (Å²) < 4.78 is 3.70. The van der Waals surface area contributed by atoms with Crippen LogP contribution in [0.1, 0.15) is 34.5 Å². The summed E-state index contributed by atoms with van der Waals surface area (Å²) in [6.45, 7) is 4.02. The van der Waals surface area contributed by atoms with E-state index in [1.54, 1.807) is 10.9 Å². The van der Waals surface area contributed by atoms with Gasteiger partial charge in [0.05, 0.1) is 17.9 Å². The van der Waals surface area contributed by atoms with Crippen molar-refractivity contribution < 1.29 is 4.79 Å². The second-order valence-electron chi connectivity index (χ2n) is 6.83. The van der Waals surface area contributed by atoms with Crippen LogP contribution in [0.3, 0.4) is 0 Å². The summed E-state index contributed by atoms with van der Waals surface area (Å²) in [5, 5.41) is 7.59. The maximum absolute atomic E-state index is 13.1. The third-order valence-electron chi connectivity index (χ3n) is 4.76. The molecule has 1 atom stereocenters. The van der Waals surface area contributed by atoms with Gasteiger partial charge in [-0.3, -0.25) is 4.79 Å². The highest BCUT2D eigenvalue weighted by molar-refractivity contribution is 5.97. The van der Waals surface area contributed by atoms with Gasteiger partial charge in [0.2, 0.25) is 0 Å². The number of nitrogens with one attached hydrogen (secondary N) is 1. The lowest BCUT2D eigenvalue weighted by Crippen LogP contribution is -2.27. The molecule has 5 heteroatoms. The lowest BCUT2D eigenvalue weighted by atomic mass is 10.1. The van der Waals surface area contributed by atoms with Crippen molar-refractivity contribution in [1.82, 2.24) is 19.7 Å². The first-order valence-corrected chi connectivity index (χ1v) is 9.27. The molecule has 4 rings (SSSR count). The van der Waals surface area contributed by atoms with E-state index in [1.807, 2.05) is 97.5 Å². The summed E-state index contributed by atoms with van der Waals surface area (Å²) in [4.78, 5) is 13.1. The van der Waals surface area contributed by atoms with Crippen LogP contribution in [0.5, 0.6) is 0 Å². The van der Waals surface area contributed by atoms with Gasteiger partial charge in [-0.2, -0.15) is 5.10 Å². The minimum Gasteiger partial charge on any atom is -0.345 e. The summed E-state index contributed by atoms with van der Waals surface area (Å²) in [6, 6.07) is 21.8. The number of rotatable bonds is 5. The molecule has 2 aromatic heterocycles. The van der Waals surface area contributed by atoms with E-state index in [9.17, 15) is 4.79 Å². The number of hydrogen-bond acceptors (Lipinski definition) is 2. The Labute approximate surface area is 164 Å². The molecule has 1 N–H and O–H groups in total. The fraction of sp³-hybridized carbons (Fsp3) is 0.130. The molecule has 0 aliphatic carbocycles. The van der Waals surface area contributed by atoms with E-state index < -0.39 is 0 Å². The van der Waals surface area contributed by atoms with Crippen molar-refractivity contribution in [1.29, 1.82) is 0 Å². The highest BCUT2D eigenvalue weighted by Gasteiger charge is 2.21. The van der Waals surface area contributed by atoms with E-state index in [0.29, 0.717) is 11.4 Å². The van der Waals surface area contributed by atoms with E-state index in [-0.39, 0.29) is 11.9 Å². The van der Waals surface area contributed by atoms with Gasteiger partial charge in [-0.15, -0.1) is 0 Å². The third-order valence-corrected chi connectivity index (χ3v) is 4.76. The zero-order valence-corrected chi connectivity index (χ0v) is 15.9. The molecular weight excluding hydrogens is 348 g/mol. The van der Waals surface area contributed by atoms with Crippen LogP contribution in [-0.2, 0) is 0 Å². The first-order chi connectivity index (χ1) is 13.6. The molecular formula is C23H22N4O. The first-order valence-electron chi connectivity index (χ1n) is 9.27. The Hall–Kier alpha value is -3.60. The average Bonchev–Trinajstić information content (AvgIpc) is 3.38. The Balaban J connectivity index is 1.71. The summed E-state index contributed by atoms with van der Waals surface area (Å²) in [5.41, 5.74) is 3.67. The maximum Gasteiger partial charge on any atom is 0.257 e. The average molecular weight is 370 g/mol. The minimum atomic E-state index is -0.154. The maximum atomic E-state index is 13.1. The molecule has 4 aromatic rings. The monoisotopic (exact) mass is 370 g/mol. The van der Waals surface area contributed by atoms with Gasteiger partial charge in [0.25, 0.3) is 5.91 Å². The van der Waals surface area contributed by atoms with E-state index in [4.69, 9.17) is 0 Å². The van der Waals surface area contributed by atoms with Crippen LogP contribution in [-0.4, -0.2) is 20.3 Å². The molecule has 0 saturated heterocycles. The highest BCUT2D eigenvalue weighted by atomic mass is 16.1. The van der Waals surface area contributed by atoms with Crippen molar-refractivity contribution in [2.24, 2.45) is 0 Å². The second-order valence-corrected chi connectivity index (χ2v) is 6.83. The molecule has 0 aliphatic heterocycles. The molecule has 2 heterocycles. The van der Waals surface area contributed by atoms with E-state index in [2.05, 4.69) is 10.4 Å². The SMILES string of the molecule is Cc1ccc(-n2ncc(C(=O)N[C@@H](C)c3ccccc3)c2-n2cccc2)cc1. The number of aromatic nitrogens is 3. The van der Waals surface area contributed by atoms with E-state index >= 15 is 0 Å². The van der Waals surface area contributed by atoms with Gasteiger partial charge in [0, 0.05) is 12.4 Å². The van der Waals surface area contributed by atoms with E-state index in [0.717, 1.165) is 11.3 Å². The molecule has 0 fully saturated rings. The summed E-state index contributed by atoms with van der Waals surface area (Å²) >= 11 is 0. The number of carbonyl (C=O) groups excluding carboxylic acids is 1. The van der Waals surface area contributed by atoms with Crippen LogP contribution in [0, 0.1) is 6.92 Å². The van der Waals surface area contributed by atoms with Crippen LogP contribution in [0.4, 0.5) is 0 Å². The Morgan fingerprint density at radius 3 is 2.32 bits per heavy atom. The van der Waals surface area contributed by atoms with Gasteiger partial charge in [-0.05, 0) is 43.7 Å². The zero-order valence-electron chi connectivity index (χ0n) is 15.9. The standard InChI is InChI=1S/C23H22N4O/c1-17-10-12-20(13-11-17)27-23(26-14-6-7-15-26)21(16-24-27)22(28)25-18(2)19-8-4-3-5-9-19/h3-16,18H,1-2H3,(H,25,28)/t18-/m0/s1. The molecule has 0 aliphatic rings. The Bertz CT molecular complexity index is 1060. The number of carbonyl (C=O) groups is 1. The topological polar surface area (TPSA) is 51.9 Å². The molecule has 0 spiro atoms. The lowest BCUT2D eigenvalue weighted by Gasteiger charge is -2.15. The van der Waals surface area contributed by atoms with Crippen molar-refractivity contribution in [2.45, 2.75) is 19.9 Å². The Kier molecular flexibility index (Phi) is 4.81. The van der Waals surface area contributed by atoms with Gasteiger partial charge >= 0.3 is 0 Å². The first kappa shape index (κ1) is 17.8. The number of hydrogen-bond donors (Lipinski definition) is 1. The fourth-order valence-electron chi connectivity index (χ4n) is 3.20. The smallest absolute Gasteiger partial charge is 0.257 e. The molecule has 0 radical (unpaired) electrons. The van der Waals surface area contributed by atoms with Crippen molar-refractivity contribution >= 4 is 5.91 Å². The molecule has 5 nitrogen and oxygen atoms in total. The van der Waals surface area contributed by atoms with Crippen LogP contribution >= 0.6 is 0 Å². The Morgan fingerprint density at radius 1 is 0.964 bits per heavy atom. The minimum absolute atomic E-state index is 0.103.